The Morgan fingerprint density at radius 2 is 2.31 bits per heavy atom. The molecule has 0 radical (unpaired) electrons. The predicted octanol–water partition coefficient (Wildman–Crippen LogP) is 2.43. The van der Waals surface area contributed by atoms with Gasteiger partial charge in [-0.15, -0.1) is 11.3 Å². The molecule has 2 aromatic heterocycles. The van der Waals surface area contributed by atoms with Crippen molar-refractivity contribution in [3.05, 3.63) is 46.3 Å². The lowest BCUT2D eigenvalue weighted by Gasteiger charge is -2.08. The fourth-order valence-electron chi connectivity index (χ4n) is 1.46. The van der Waals surface area contributed by atoms with Crippen LogP contribution in [0, 0.1) is 0 Å². The van der Waals surface area contributed by atoms with Gasteiger partial charge in [-0.2, -0.15) is 0 Å². The van der Waals surface area contributed by atoms with Gasteiger partial charge in [-0.1, -0.05) is 12.1 Å². The van der Waals surface area contributed by atoms with Crippen LogP contribution in [0.3, 0.4) is 0 Å². The Kier molecular flexibility index (Phi) is 3.54. The van der Waals surface area contributed by atoms with E-state index in [1.807, 2.05) is 23.6 Å². The molecule has 0 aromatic carbocycles. The van der Waals surface area contributed by atoms with Crippen LogP contribution in [0.25, 0.3) is 0 Å². The van der Waals surface area contributed by atoms with Crippen LogP contribution in [0.4, 0.5) is 0 Å². The average molecular weight is 235 g/mol. The third-order valence-electron chi connectivity index (χ3n) is 2.31. The normalized spacial score (nSPS) is 12.4. The molecule has 0 amide bonds. The summed E-state index contributed by atoms with van der Waals surface area (Å²) >= 11 is 1.56. The quantitative estimate of drug-likeness (QED) is 0.885. The molecule has 1 unspecified atom stereocenters. The van der Waals surface area contributed by atoms with Gasteiger partial charge in [0, 0.05) is 23.6 Å². The van der Waals surface area contributed by atoms with E-state index < -0.39 is 6.10 Å². The van der Waals surface area contributed by atoms with Crippen LogP contribution in [0.2, 0.25) is 0 Å². The molecule has 0 bridgehead atoms. The fraction of sp³-hybridized carbons (Fsp3) is 0.250. The lowest BCUT2D eigenvalue weighted by Crippen LogP contribution is -2.00. The number of aromatic nitrogens is 1. The van der Waals surface area contributed by atoms with Crippen molar-refractivity contribution in [1.29, 1.82) is 0 Å². The number of ether oxygens (including phenoxy) is 1. The third kappa shape index (κ3) is 2.59. The molecule has 0 aliphatic rings. The van der Waals surface area contributed by atoms with E-state index in [9.17, 15) is 5.11 Å². The summed E-state index contributed by atoms with van der Waals surface area (Å²) in [6.45, 7) is 0. The first-order valence-electron chi connectivity index (χ1n) is 5.00. The first-order valence-corrected chi connectivity index (χ1v) is 5.88. The zero-order valence-electron chi connectivity index (χ0n) is 8.96. The number of hydrogen-bond donors (Lipinski definition) is 1. The summed E-state index contributed by atoms with van der Waals surface area (Å²) in [5.74, 6) is 0.592. The maximum Gasteiger partial charge on any atom is 0.212 e. The topological polar surface area (TPSA) is 42.4 Å². The van der Waals surface area contributed by atoms with Gasteiger partial charge in [0.05, 0.1) is 13.2 Å². The van der Waals surface area contributed by atoms with Crippen molar-refractivity contribution < 1.29 is 9.84 Å². The molecule has 0 aliphatic heterocycles. The second-order valence-corrected chi connectivity index (χ2v) is 4.42. The predicted molar refractivity (Wildman–Crippen MR) is 63.8 cm³/mol. The van der Waals surface area contributed by atoms with Crippen molar-refractivity contribution >= 4 is 11.3 Å². The largest absolute Gasteiger partial charge is 0.481 e. The second-order valence-electron chi connectivity index (χ2n) is 3.44. The summed E-state index contributed by atoms with van der Waals surface area (Å²) in [5.41, 5.74) is 1.00. The first-order chi connectivity index (χ1) is 7.79. The minimum absolute atomic E-state index is 0.449. The molecule has 2 heterocycles. The molecule has 0 saturated carbocycles. The highest BCUT2D eigenvalue weighted by molar-refractivity contribution is 7.10. The molecule has 2 aromatic rings. The minimum atomic E-state index is -0.449. The molecule has 16 heavy (non-hydrogen) atoms. The Labute approximate surface area is 98.4 Å². The standard InChI is InChI=1S/C12H13NO2S/c1-15-12-5-4-9(8-13-12)7-10(14)11-3-2-6-16-11/h2-6,8,10,14H,7H2,1H3. The maximum atomic E-state index is 9.94. The number of aliphatic hydroxyl groups is 1. The number of hydrogen-bond acceptors (Lipinski definition) is 4. The SMILES string of the molecule is COc1ccc(CC(O)c2cccs2)cn1. The zero-order chi connectivity index (χ0) is 11.4. The number of nitrogens with zero attached hydrogens (tertiary/aromatic N) is 1. The van der Waals surface area contributed by atoms with E-state index in [1.165, 1.54) is 0 Å². The molecule has 2 rings (SSSR count). The summed E-state index contributed by atoms with van der Waals surface area (Å²) in [6, 6.07) is 7.60. The van der Waals surface area contributed by atoms with E-state index in [0.29, 0.717) is 12.3 Å². The number of aliphatic hydroxyl groups excluding tert-OH is 1. The highest BCUT2D eigenvalue weighted by atomic mass is 32.1. The zero-order valence-corrected chi connectivity index (χ0v) is 9.78. The fourth-order valence-corrected chi connectivity index (χ4v) is 2.17. The van der Waals surface area contributed by atoms with Gasteiger partial charge < -0.3 is 9.84 Å². The van der Waals surface area contributed by atoms with E-state index in [2.05, 4.69) is 4.98 Å². The number of rotatable bonds is 4. The molecular weight excluding hydrogens is 222 g/mol. The van der Waals surface area contributed by atoms with Gasteiger partial charge in [0.2, 0.25) is 5.88 Å². The molecule has 1 N–H and O–H groups in total. The molecule has 0 spiro atoms. The molecule has 0 saturated heterocycles. The van der Waals surface area contributed by atoms with Gasteiger partial charge in [-0.25, -0.2) is 4.98 Å². The molecule has 0 fully saturated rings. The molecule has 4 heteroatoms. The van der Waals surface area contributed by atoms with Crippen LogP contribution in [-0.4, -0.2) is 17.2 Å². The van der Waals surface area contributed by atoms with Crippen molar-refractivity contribution in [2.24, 2.45) is 0 Å². The Balaban J connectivity index is 2.03. The van der Waals surface area contributed by atoms with Crippen molar-refractivity contribution in [2.75, 3.05) is 7.11 Å². The monoisotopic (exact) mass is 235 g/mol. The highest BCUT2D eigenvalue weighted by Gasteiger charge is 2.09. The van der Waals surface area contributed by atoms with Crippen LogP contribution >= 0.6 is 11.3 Å². The van der Waals surface area contributed by atoms with Crippen molar-refractivity contribution in [2.45, 2.75) is 12.5 Å². The Hall–Kier alpha value is -1.39. The molecule has 0 aliphatic carbocycles. The Morgan fingerprint density at radius 3 is 2.88 bits per heavy atom. The molecule has 1 atom stereocenters. The smallest absolute Gasteiger partial charge is 0.212 e. The van der Waals surface area contributed by atoms with E-state index >= 15 is 0 Å². The first kappa shape index (κ1) is 11.1. The van der Waals surface area contributed by atoms with Gasteiger partial charge in [-0.05, 0) is 17.0 Å². The van der Waals surface area contributed by atoms with Crippen LogP contribution < -0.4 is 4.74 Å². The van der Waals surface area contributed by atoms with Crippen LogP contribution in [0.1, 0.15) is 16.5 Å². The van der Waals surface area contributed by atoms with Crippen molar-refractivity contribution in [3.8, 4) is 5.88 Å². The van der Waals surface area contributed by atoms with Gasteiger partial charge >= 0.3 is 0 Å². The number of pyridine rings is 1. The molecule has 3 nitrogen and oxygen atoms in total. The summed E-state index contributed by atoms with van der Waals surface area (Å²) < 4.78 is 4.97. The van der Waals surface area contributed by atoms with Gasteiger partial charge in [0.15, 0.2) is 0 Å². The Morgan fingerprint density at radius 1 is 1.44 bits per heavy atom. The van der Waals surface area contributed by atoms with Crippen molar-refractivity contribution in [1.82, 2.24) is 4.98 Å². The van der Waals surface area contributed by atoms with Crippen LogP contribution in [-0.2, 0) is 6.42 Å². The van der Waals surface area contributed by atoms with E-state index in [4.69, 9.17) is 4.74 Å². The van der Waals surface area contributed by atoms with Crippen LogP contribution in [0.15, 0.2) is 35.8 Å². The molecule has 84 valence electrons. The van der Waals surface area contributed by atoms with Gasteiger partial charge in [0.1, 0.15) is 0 Å². The summed E-state index contributed by atoms with van der Waals surface area (Å²) in [5, 5.41) is 11.9. The Bertz CT molecular complexity index is 425. The highest BCUT2D eigenvalue weighted by Crippen LogP contribution is 2.22. The summed E-state index contributed by atoms with van der Waals surface area (Å²) in [7, 11) is 1.59. The summed E-state index contributed by atoms with van der Waals surface area (Å²) in [6.07, 6.45) is 1.86. The lowest BCUT2D eigenvalue weighted by atomic mass is 10.1. The third-order valence-corrected chi connectivity index (χ3v) is 3.28. The van der Waals surface area contributed by atoms with Gasteiger partial charge in [-0.3, -0.25) is 0 Å². The number of methoxy groups -OCH3 is 1. The number of thiophene rings is 1. The van der Waals surface area contributed by atoms with Gasteiger partial charge in [0.25, 0.3) is 0 Å². The average Bonchev–Trinajstić information content (AvgIpc) is 2.83. The minimum Gasteiger partial charge on any atom is -0.481 e. The van der Waals surface area contributed by atoms with E-state index in [0.717, 1.165) is 10.4 Å². The lowest BCUT2D eigenvalue weighted by molar-refractivity contribution is 0.182. The summed E-state index contributed by atoms with van der Waals surface area (Å²) in [4.78, 5) is 5.08. The van der Waals surface area contributed by atoms with E-state index in [-0.39, 0.29) is 0 Å². The van der Waals surface area contributed by atoms with E-state index in [1.54, 1.807) is 30.7 Å². The van der Waals surface area contributed by atoms with Crippen LogP contribution in [0.5, 0.6) is 5.88 Å². The maximum absolute atomic E-state index is 9.94. The van der Waals surface area contributed by atoms with Crippen molar-refractivity contribution in [3.63, 3.8) is 0 Å². The second kappa shape index (κ2) is 5.09. The molecular formula is C12H13NO2S.